The first-order chi connectivity index (χ1) is 52.9. The summed E-state index contributed by atoms with van der Waals surface area (Å²) in [4.78, 5) is 0. The summed E-state index contributed by atoms with van der Waals surface area (Å²) in [7, 11) is -3.39. The van der Waals surface area contributed by atoms with E-state index in [4.69, 9.17) is 9.05 Å². The van der Waals surface area contributed by atoms with Crippen LogP contribution < -0.4 is 9.05 Å². The largest absolute Gasteiger partial charge is 0.436 e. The molecule has 0 saturated carbocycles. The number of aryl methyl sites for hydroxylation is 2. The van der Waals surface area contributed by atoms with Crippen LogP contribution in [-0.2, 0) is 61.6 Å². The second kappa shape index (κ2) is 27.5. The van der Waals surface area contributed by atoms with Crippen LogP contribution in [0.25, 0.3) is 88.1 Å². The van der Waals surface area contributed by atoms with Crippen LogP contribution in [0.1, 0.15) is 246 Å². The van der Waals surface area contributed by atoms with Crippen LogP contribution in [0.2, 0.25) is 0 Å². The molecule has 0 N–H and O–H groups in total. The van der Waals surface area contributed by atoms with Gasteiger partial charge >= 0.3 is 16.9 Å². The maximum atomic E-state index is 8.29. The van der Waals surface area contributed by atoms with Crippen LogP contribution in [0, 0.1) is 0 Å². The van der Waals surface area contributed by atoms with E-state index in [0.29, 0.717) is 0 Å². The predicted molar refractivity (Wildman–Crippen MR) is 486 cm³/mol. The average molecular weight is 1530 g/mol. The van der Waals surface area contributed by atoms with Gasteiger partial charge in [0.2, 0.25) is 0 Å². The Morgan fingerprint density at radius 1 is 0.248 bits per heavy atom. The molecule has 0 bridgehead atoms. The molecule has 0 radical (unpaired) electrons. The van der Waals surface area contributed by atoms with Crippen LogP contribution in [0.5, 0.6) is 11.5 Å². The van der Waals surface area contributed by atoms with Crippen molar-refractivity contribution in [1.82, 2.24) is 17.4 Å². The van der Waals surface area contributed by atoms with Gasteiger partial charge in [-0.2, -0.15) is 0 Å². The highest BCUT2D eigenvalue weighted by Gasteiger charge is 2.50. The lowest BCUT2D eigenvalue weighted by atomic mass is 9.76. The molecule has 0 atom stereocenters. The zero-order valence-corrected chi connectivity index (χ0v) is 73.6. The Kier molecular flexibility index (Phi) is 18.9. The normalized spacial score (nSPS) is 14.5. The van der Waals surface area contributed by atoms with E-state index in [2.05, 4.69) is 415 Å². The number of fused-ring (bicyclic) bond motifs is 8. The molecule has 0 fully saturated rings. The molecule has 8 heteroatoms. The van der Waals surface area contributed by atoms with E-state index in [0.717, 1.165) is 59.2 Å². The summed E-state index contributed by atoms with van der Waals surface area (Å²) in [6, 6.07) is 80.5. The molecule has 14 aromatic rings. The van der Waals surface area contributed by atoms with Gasteiger partial charge < -0.3 is 9.05 Å². The van der Waals surface area contributed by atoms with E-state index >= 15 is 0 Å². The molecule has 113 heavy (non-hydrogen) atoms. The molecular weight excluding hydrogens is 1410 g/mol. The lowest BCUT2D eigenvalue weighted by Crippen LogP contribution is -2.23. The maximum absolute atomic E-state index is 8.29. The third kappa shape index (κ3) is 14.7. The lowest BCUT2D eigenvalue weighted by molar-refractivity contribution is 0.469. The fourth-order valence-corrected chi connectivity index (χ4v) is 20.8. The van der Waals surface area contributed by atoms with Crippen LogP contribution >= 0.6 is 16.9 Å². The number of nitrogens with zero attached hydrogens (tertiary/aromatic N) is 4. The Morgan fingerprint density at radius 2 is 0.469 bits per heavy atom. The molecule has 16 rings (SSSR count). The minimum absolute atomic E-state index is 0.0416. The molecule has 2 aliphatic rings. The van der Waals surface area contributed by atoms with Crippen molar-refractivity contribution in [1.29, 1.82) is 0 Å². The van der Waals surface area contributed by atoms with Crippen LogP contribution in [0.3, 0.4) is 0 Å². The van der Waals surface area contributed by atoms with Gasteiger partial charge in [-0.05, 0) is 230 Å². The number of hydrogen-bond donors (Lipinski definition) is 0. The molecule has 2 aliphatic carbocycles. The van der Waals surface area contributed by atoms with E-state index in [-0.39, 0.29) is 43.3 Å². The summed E-state index contributed by atoms with van der Waals surface area (Å²) in [5.74, 6) is 1.85. The van der Waals surface area contributed by atoms with Crippen LogP contribution in [-0.4, -0.2) is 17.4 Å². The van der Waals surface area contributed by atoms with E-state index in [1.807, 2.05) is 0 Å². The SMILES string of the molecule is CC(C)(C)c1cc(-c2ccc3ccn(P(Oc4cccc5c4C4(CC5)CCc5cccc(OP(n6ccc7ccc(-c8cc(C(C)(C)C)cc(C(C)(C)C)c8)cc76)n6ccc7ccc(-c8cc(C(C)(C)C)cc(C(C)(C)C)c8)cc76)c54)n4ccc5ccc(-c6cc(C(C)(C)C)cc(C(C)(C)C)c6)cc54)c3c2)cc(C(C)(C)C)c1. The Hall–Kier alpha value is -9.18. The molecule has 4 heterocycles. The van der Waals surface area contributed by atoms with Crippen molar-refractivity contribution in [2.24, 2.45) is 0 Å². The third-order valence-corrected chi connectivity index (χ3v) is 28.2. The summed E-state index contributed by atoms with van der Waals surface area (Å²) in [5, 5.41) is 4.68. The first-order valence-electron chi connectivity index (χ1n) is 41.3. The fraction of sp³-hybridized carbons (Fsp3) is 0.352. The first-order valence-corrected chi connectivity index (χ1v) is 43.6. The highest BCUT2D eigenvalue weighted by atomic mass is 31.2. The Morgan fingerprint density at radius 3 is 0.681 bits per heavy atom. The van der Waals surface area contributed by atoms with Gasteiger partial charge in [-0.1, -0.05) is 312 Å². The monoisotopic (exact) mass is 1530 g/mol. The first kappa shape index (κ1) is 77.7. The summed E-state index contributed by atoms with van der Waals surface area (Å²) < 4.78 is 26.5. The van der Waals surface area contributed by atoms with Gasteiger partial charge in [-0.15, -0.1) is 0 Å². The van der Waals surface area contributed by atoms with Crippen molar-refractivity contribution >= 4 is 60.5 Å². The Labute approximate surface area is 676 Å². The summed E-state index contributed by atoms with van der Waals surface area (Å²) >= 11 is 0. The predicted octanol–water partition coefficient (Wildman–Crippen LogP) is 30.1. The molecule has 580 valence electrons. The second-order valence-electron chi connectivity index (χ2n) is 41.3. The van der Waals surface area contributed by atoms with Crippen molar-refractivity contribution in [3.05, 3.63) is 298 Å². The maximum Gasteiger partial charge on any atom is 0.318 e. The van der Waals surface area contributed by atoms with Crippen LogP contribution in [0.15, 0.2) is 231 Å². The minimum atomic E-state index is -1.70. The van der Waals surface area contributed by atoms with Crippen molar-refractivity contribution in [2.75, 3.05) is 0 Å². The van der Waals surface area contributed by atoms with Gasteiger partial charge in [0, 0.05) is 62.9 Å². The van der Waals surface area contributed by atoms with Crippen molar-refractivity contribution in [3.63, 3.8) is 0 Å². The molecule has 0 amide bonds. The van der Waals surface area contributed by atoms with Gasteiger partial charge in [0.25, 0.3) is 0 Å². The van der Waals surface area contributed by atoms with Gasteiger partial charge in [-0.3, -0.25) is 17.4 Å². The van der Waals surface area contributed by atoms with Crippen LogP contribution in [0.4, 0.5) is 0 Å². The van der Waals surface area contributed by atoms with Gasteiger partial charge in [0.05, 0.1) is 22.1 Å². The smallest absolute Gasteiger partial charge is 0.318 e. The average Bonchev–Trinajstić information content (AvgIpc) is 1.56. The van der Waals surface area contributed by atoms with Gasteiger partial charge in [-0.25, -0.2) is 0 Å². The molecule has 0 unspecified atom stereocenters. The third-order valence-electron chi connectivity index (χ3n) is 24.6. The number of benzene rings is 10. The molecule has 0 saturated heterocycles. The number of rotatable bonds is 12. The van der Waals surface area contributed by atoms with Crippen molar-refractivity contribution in [2.45, 2.75) is 241 Å². The standard InChI is InChI=1S/C105H118N4O2P2/c1-97(2,3)81-51-77(52-82(63-81)98(4,5)6)73-35-31-67-41-47-106(89(67)59-73)112(107-48-42-68-32-36-74(60-90(68)107)78-53-83(99(7,8)9)64-84(54-78)100(10,11)12)110-93-29-25-27-71-39-45-105(95(71)93)46-40-72-28-26-30-94(96(72)105)111-113(108-49-43-69-33-37-75(61-91(69)108)79-55-85(101(13,14)15)65-86(56-79)102(16,17)18)109-50-44-70-34-38-76(62-92(70)109)80-57-87(103(19,20)21)66-88(58-80)104(22,23)24/h25-38,41-44,47-66H,39-40,45-46H2,1-24H3. The Bertz CT molecular complexity index is 5260. The summed E-state index contributed by atoms with van der Waals surface area (Å²) in [5.41, 5.74) is 29.4. The molecular formula is C105H118N4O2P2. The molecule has 0 aliphatic heterocycles. The minimum Gasteiger partial charge on any atom is -0.436 e. The quantitative estimate of drug-likeness (QED) is 0.114. The highest BCUT2D eigenvalue weighted by molar-refractivity contribution is 7.50. The summed E-state index contributed by atoms with van der Waals surface area (Å²) in [6.45, 7) is 56.0. The van der Waals surface area contributed by atoms with E-state index in [9.17, 15) is 0 Å². The number of aromatic nitrogens is 4. The van der Waals surface area contributed by atoms with E-state index in [1.165, 1.54) is 133 Å². The zero-order chi connectivity index (χ0) is 80.4. The van der Waals surface area contributed by atoms with Crippen molar-refractivity contribution in [3.8, 4) is 56.0 Å². The molecule has 6 nitrogen and oxygen atoms in total. The highest BCUT2D eigenvalue weighted by Crippen LogP contribution is 2.62. The zero-order valence-electron chi connectivity index (χ0n) is 71.8. The lowest BCUT2D eigenvalue weighted by Gasteiger charge is -2.32. The molecule has 4 aromatic heterocycles. The molecule has 1 spiro atoms. The topological polar surface area (TPSA) is 38.2 Å². The van der Waals surface area contributed by atoms with Gasteiger partial charge in [0.15, 0.2) is 0 Å². The summed E-state index contributed by atoms with van der Waals surface area (Å²) in [6.07, 6.45) is 12.9. The van der Waals surface area contributed by atoms with E-state index in [1.54, 1.807) is 0 Å². The number of hydrogen-bond acceptors (Lipinski definition) is 2. The van der Waals surface area contributed by atoms with Crippen molar-refractivity contribution < 1.29 is 9.05 Å². The van der Waals surface area contributed by atoms with E-state index < -0.39 is 22.3 Å². The second-order valence-corrected chi connectivity index (χ2v) is 44.4. The Balaban J connectivity index is 0.873. The fourth-order valence-electron chi connectivity index (χ4n) is 17.2. The molecule has 10 aromatic carbocycles. The van der Waals surface area contributed by atoms with Gasteiger partial charge in [0.1, 0.15) is 11.5 Å².